The Bertz CT molecular complexity index is 585. The monoisotopic (exact) mass is 429 g/mol. The zero-order chi connectivity index (χ0) is 13.2. The smallest absolute Gasteiger partial charge is 0.123 e. The molecular formula is C15H13BrINO. The van der Waals surface area contributed by atoms with Gasteiger partial charge in [-0.15, -0.1) is 0 Å². The minimum atomic E-state index is 0.212. The lowest BCUT2D eigenvalue weighted by Gasteiger charge is -2.12. The number of halogens is 2. The Morgan fingerprint density at radius 1 is 1.21 bits per heavy atom. The molecule has 0 aromatic heterocycles. The van der Waals surface area contributed by atoms with Crippen LogP contribution in [-0.2, 0) is 6.42 Å². The quantitative estimate of drug-likeness (QED) is 0.727. The second-order valence-electron chi connectivity index (χ2n) is 4.58. The van der Waals surface area contributed by atoms with Crippen molar-refractivity contribution >= 4 is 44.2 Å². The molecule has 1 aliphatic rings. The molecule has 1 unspecified atom stereocenters. The van der Waals surface area contributed by atoms with E-state index in [4.69, 9.17) is 4.74 Å². The molecule has 0 amide bonds. The van der Waals surface area contributed by atoms with Crippen LogP contribution in [0.15, 0.2) is 46.9 Å². The highest BCUT2D eigenvalue weighted by Crippen LogP contribution is 2.31. The summed E-state index contributed by atoms with van der Waals surface area (Å²) in [7, 11) is 0. The summed E-state index contributed by atoms with van der Waals surface area (Å²) in [6, 6.07) is 14.6. The van der Waals surface area contributed by atoms with Crippen molar-refractivity contribution in [2.75, 3.05) is 11.9 Å². The first kappa shape index (κ1) is 13.2. The summed E-state index contributed by atoms with van der Waals surface area (Å²) in [5, 5.41) is 3.42. The van der Waals surface area contributed by atoms with Crippen molar-refractivity contribution in [1.82, 2.24) is 0 Å². The number of hydrogen-bond acceptors (Lipinski definition) is 2. The van der Waals surface area contributed by atoms with Crippen LogP contribution in [0.5, 0.6) is 5.75 Å². The van der Waals surface area contributed by atoms with Crippen molar-refractivity contribution in [3.05, 3.63) is 56.1 Å². The van der Waals surface area contributed by atoms with Gasteiger partial charge in [0.15, 0.2) is 0 Å². The van der Waals surface area contributed by atoms with Gasteiger partial charge in [0.25, 0.3) is 0 Å². The molecule has 1 heterocycles. The lowest BCUT2D eigenvalue weighted by molar-refractivity contribution is 0.246. The number of ether oxygens (including phenoxy) is 1. The fourth-order valence-corrected chi connectivity index (χ4v) is 2.97. The lowest BCUT2D eigenvalue weighted by Crippen LogP contribution is -2.23. The summed E-state index contributed by atoms with van der Waals surface area (Å²) in [5.74, 6) is 1.01. The molecule has 0 radical (unpaired) electrons. The van der Waals surface area contributed by atoms with Gasteiger partial charge in [-0.2, -0.15) is 0 Å². The van der Waals surface area contributed by atoms with Crippen LogP contribution in [0.1, 0.15) is 5.56 Å². The van der Waals surface area contributed by atoms with Gasteiger partial charge in [0.1, 0.15) is 11.9 Å². The molecule has 1 N–H and O–H groups in total. The number of hydrogen-bond donors (Lipinski definition) is 1. The SMILES string of the molecule is Brc1ccc2c(c1)CC(CNc1ccc(I)cc1)O2. The van der Waals surface area contributed by atoms with Crippen LogP contribution in [-0.4, -0.2) is 12.6 Å². The van der Waals surface area contributed by atoms with Crippen molar-refractivity contribution < 1.29 is 4.74 Å². The van der Waals surface area contributed by atoms with Crippen LogP contribution < -0.4 is 10.1 Å². The second kappa shape index (κ2) is 5.71. The van der Waals surface area contributed by atoms with Gasteiger partial charge in [0, 0.05) is 20.2 Å². The van der Waals surface area contributed by atoms with E-state index in [2.05, 4.69) is 74.2 Å². The average Bonchev–Trinajstić information content (AvgIpc) is 2.80. The van der Waals surface area contributed by atoms with Gasteiger partial charge in [0.2, 0.25) is 0 Å². The summed E-state index contributed by atoms with van der Waals surface area (Å²) in [6.45, 7) is 0.826. The molecule has 0 fully saturated rings. The molecule has 1 atom stereocenters. The summed E-state index contributed by atoms with van der Waals surface area (Å²) >= 11 is 5.80. The molecule has 2 nitrogen and oxygen atoms in total. The third-order valence-electron chi connectivity index (χ3n) is 3.14. The first-order chi connectivity index (χ1) is 9.20. The fourth-order valence-electron chi connectivity index (χ4n) is 2.20. The van der Waals surface area contributed by atoms with Crippen molar-refractivity contribution in [3.8, 4) is 5.75 Å². The van der Waals surface area contributed by atoms with Gasteiger partial charge < -0.3 is 10.1 Å². The molecule has 2 aromatic carbocycles. The Balaban J connectivity index is 1.60. The van der Waals surface area contributed by atoms with E-state index in [-0.39, 0.29) is 6.10 Å². The molecule has 0 spiro atoms. The molecule has 98 valence electrons. The number of fused-ring (bicyclic) bond motifs is 1. The molecule has 0 saturated carbocycles. The van der Waals surface area contributed by atoms with E-state index in [1.807, 2.05) is 12.1 Å². The molecule has 1 aliphatic heterocycles. The zero-order valence-corrected chi connectivity index (χ0v) is 13.9. The third-order valence-corrected chi connectivity index (χ3v) is 4.35. The molecule has 3 rings (SSSR count). The van der Waals surface area contributed by atoms with Crippen molar-refractivity contribution in [2.45, 2.75) is 12.5 Å². The fraction of sp³-hybridized carbons (Fsp3) is 0.200. The highest BCUT2D eigenvalue weighted by Gasteiger charge is 2.22. The van der Waals surface area contributed by atoms with Crippen LogP contribution in [0, 0.1) is 3.57 Å². The summed E-state index contributed by atoms with van der Waals surface area (Å²) in [6.07, 6.45) is 1.18. The minimum Gasteiger partial charge on any atom is -0.488 e. The van der Waals surface area contributed by atoms with E-state index < -0.39 is 0 Å². The zero-order valence-electron chi connectivity index (χ0n) is 10.2. The first-order valence-electron chi connectivity index (χ1n) is 6.15. The van der Waals surface area contributed by atoms with Crippen molar-refractivity contribution in [2.24, 2.45) is 0 Å². The minimum absolute atomic E-state index is 0.212. The summed E-state index contributed by atoms with van der Waals surface area (Å²) < 4.78 is 8.28. The predicted molar refractivity (Wildman–Crippen MR) is 89.9 cm³/mol. The highest BCUT2D eigenvalue weighted by atomic mass is 127. The second-order valence-corrected chi connectivity index (χ2v) is 6.75. The van der Waals surface area contributed by atoms with Gasteiger partial charge in [-0.1, -0.05) is 15.9 Å². The summed E-state index contributed by atoms with van der Waals surface area (Å²) in [4.78, 5) is 0. The molecule has 4 heteroatoms. The van der Waals surface area contributed by atoms with Gasteiger partial charge in [-0.05, 0) is 70.6 Å². The normalized spacial score (nSPS) is 16.8. The number of benzene rings is 2. The number of nitrogens with one attached hydrogen (secondary N) is 1. The van der Waals surface area contributed by atoms with Crippen LogP contribution in [0.3, 0.4) is 0 Å². The topological polar surface area (TPSA) is 21.3 Å². The Kier molecular flexibility index (Phi) is 3.98. The molecule has 0 aliphatic carbocycles. The number of rotatable bonds is 3. The number of anilines is 1. The van der Waals surface area contributed by atoms with Crippen molar-refractivity contribution in [1.29, 1.82) is 0 Å². The molecule has 0 saturated heterocycles. The average molecular weight is 430 g/mol. The standard InChI is InChI=1S/C15H13BrINO/c16-11-1-6-15-10(7-11)8-14(19-15)9-18-13-4-2-12(17)3-5-13/h1-7,14,18H,8-9H2. The Hall–Kier alpha value is -0.750. The van der Waals surface area contributed by atoms with Crippen molar-refractivity contribution in [3.63, 3.8) is 0 Å². The van der Waals surface area contributed by atoms with E-state index >= 15 is 0 Å². The molecular weight excluding hydrogens is 417 g/mol. The van der Waals surface area contributed by atoms with Crippen LogP contribution in [0.2, 0.25) is 0 Å². The largest absolute Gasteiger partial charge is 0.488 e. The van der Waals surface area contributed by atoms with E-state index in [0.717, 1.165) is 28.9 Å². The maximum Gasteiger partial charge on any atom is 0.123 e. The lowest BCUT2D eigenvalue weighted by atomic mass is 10.1. The van der Waals surface area contributed by atoms with Gasteiger partial charge >= 0.3 is 0 Å². The van der Waals surface area contributed by atoms with E-state index in [1.54, 1.807) is 0 Å². The van der Waals surface area contributed by atoms with Gasteiger partial charge in [-0.3, -0.25) is 0 Å². The maximum atomic E-state index is 5.92. The summed E-state index contributed by atoms with van der Waals surface area (Å²) in [5.41, 5.74) is 2.42. The van der Waals surface area contributed by atoms with Gasteiger partial charge in [-0.25, -0.2) is 0 Å². The van der Waals surface area contributed by atoms with Crippen LogP contribution >= 0.6 is 38.5 Å². The predicted octanol–water partition coefficient (Wildman–Crippen LogP) is 4.47. The Morgan fingerprint density at radius 3 is 2.79 bits per heavy atom. The van der Waals surface area contributed by atoms with E-state index in [0.29, 0.717) is 0 Å². The Labute approximate surface area is 134 Å². The highest BCUT2D eigenvalue weighted by molar-refractivity contribution is 14.1. The van der Waals surface area contributed by atoms with Crippen LogP contribution in [0.25, 0.3) is 0 Å². The third kappa shape index (κ3) is 3.23. The first-order valence-corrected chi connectivity index (χ1v) is 8.02. The molecule has 2 aromatic rings. The van der Waals surface area contributed by atoms with E-state index in [1.165, 1.54) is 9.13 Å². The van der Waals surface area contributed by atoms with E-state index in [9.17, 15) is 0 Å². The maximum absolute atomic E-state index is 5.92. The molecule has 19 heavy (non-hydrogen) atoms. The van der Waals surface area contributed by atoms with Gasteiger partial charge in [0.05, 0.1) is 6.54 Å². The van der Waals surface area contributed by atoms with Crippen LogP contribution in [0.4, 0.5) is 5.69 Å². The Morgan fingerprint density at radius 2 is 2.00 bits per heavy atom. The molecule has 0 bridgehead atoms.